The molecule has 120 valence electrons. The smallest absolute Gasteiger partial charge is 0.270 e. The van der Waals surface area contributed by atoms with Gasteiger partial charge in [0.25, 0.3) is 5.91 Å². The van der Waals surface area contributed by atoms with Crippen molar-refractivity contribution in [2.75, 3.05) is 19.7 Å². The highest BCUT2D eigenvalue weighted by Crippen LogP contribution is 2.21. The van der Waals surface area contributed by atoms with Gasteiger partial charge in [-0.1, -0.05) is 26.2 Å². The van der Waals surface area contributed by atoms with Gasteiger partial charge in [0.1, 0.15) is 5.69 Å². The summed E-state index contributed by atoms with van der Waals surface area (Å²) in [6.07, 6.45) is 6.42. The molecule has 0 unspecified atom stereocenters. The minimum Gasteiger partial charge on any atom is -0.395 e. The number of unbranched alkanes of at least 4 members (excludes halogenated alkanes) is 3. The molecule has 4 nitrogen and oxygen atoms in total. The van der Waals surface area contributed by atoms with Crippen molar-refractivity contribution in [1.82, 2.24) is 9.47 Å². The maximum Gasteiger partial charge on any atom is 0.270 e. The van der Waals surface area contributed by atoms with Crippen LogP contribution < -0.4 is 0 Å². The van der Waals surface area contributed by atoms with E-state index in [9.17, 15) is 9.90 Å². The molecule has 0 aromatic carbocycles. The average molecular weight is 359 g/mol. The fraction of sp³-hybridized carbons (Fsp3) is 0.688. The number of hydrogen-bond donors (Lipinski definition) is 1. The SMILES string of the molecule is CCCCCCN(CCO)C(=O)c1cc(Br)cn1C(C)C. The van der Waals surface area contributed by atoms with Crippen LogP contribution in [0.4, 0.5) is 0 Å². The molecule has 0 fully saturated rings. The number of amides is 1. The molecule has 1 heterocycles. The number of carbonyl (C=O) groups is 1. The molecule has 0 saturated heterocycles. The van der Waals surface area contributed by atoms with Crippen molar-refractivity contribution in [3.8, 4) is 0 Å². The molecule has 1 aromatic heterocycles. The molecule has 1 aromatic rings. The third-order valence-electron chi connectivity index (χ3n) is 3.53. The van der Waals surface area contributed by atoms with Crippen LogP contribution in [-0.2, 0) is 0 Å². The summed E-state index contributed by atoms with van der Waals surface area (Å²) >= 11 is 3.44. The summed E-state index contributed by atoms with van der Waals surface area (Å²) in [4.78, 5) is 14.5. The summed E-state index contributed by atoms with van der Waals surface area (Å²) in [6.45, 7) is 7.39. The molecular weight excluding hydrogens is 332 g/mol. The molecule has 0 radical (unpaired) electrons. The summed E-state index contributed by atoms with van der Waals surface area (Å²) in [7, 11) is 0. The van der Waals surface area contributed by atoms with Gasteiger partial charge in [-0.25, -0.2) is 0 Å². The van der Waals surface area contributed by atoms with E-state index in [4.69, 9.17) is 0 Å². The number of aliphatic hydroxyl groups is 1. The molecule has 0 aliphatic heterocycles. The monoisotopic (exact) mass is 358 g/mol. The number of hydrogen-bond acceptors (Lipinski definition) is 2. The van der Waals surface area contributed by atoms with Crippen LogP contribution in [0, 0.1) is 0 Å². The highest BCUT2D eigenvalue weighted by atomic mass is 79.9. The van der Waals surface area contributed by atoms with Crippen molar-refractivity contribution < 1.29 is 9.90 Å². The molecule has 0 aliphatic rings. The van der Waals surface area contributed by atoms with Crippen LogP contribution in [0.15, 0.2) is 16.7 Å². The van der Waals surface area contributed by atoms with E-state index in [-0.39, 0.29) is 18.6 Å². The fourth-order valence-corrected chi connectivity index (χ4v) is 2.81. The fourth-order valence-electron chi connectivity index (χ4n) is 2.37. The Bertz CT molecular complexity index is 443. The maximum absolute atomic E-state index is 12.7. The Hall–Kier alpha value is -0.810. The highest BCUT2D eigenvalue weighted by molar-refractivity contribution is 9.10. The van der Waals surface area contributed by atoms with E-state index in [0.29, 0.717) is 18.8 Å². The Morgan fingerprint density at radius 2 is 2.05 bits per heavy atom. The predicted octanol–water partition coefficient (Wildman–Crippen LogP) is 3.85. The number of nitrogens with zero attached hydrogens (tertiary/aromatic N) is 2. The summed E-state index contributed by atoms with van der Waals surface area (Å²) < 4.78 is 2.89. The van der Waals surface area contributed by atoms with Gasteiger partial charge in [-0.05, 0) is 42.3 Å². The van der Waals surface area contributed by atoms with Crippen molar-refractivity contribution in [2.24, 2.45) is 0 Å². The Balaban J connectivity index is 2.80. The summed E-state index contributed by atoms with van der Waals surface area (Å²) in [5.41, 5.74) is 0.681. The van der Waals surface area contributed by atoms with Crippen molar-refractivity contribution in [2.45, 2.75) is 52.5 Å². The lowest BCUT2D eigenvalue weighted by Crippen LogP contribution is -2.35. The van der Waals surface area contributed by atoms with Crippen LogP contribution >= 0.6 is 15.9 Å². The second-order valence-electron chi connectivity index (χ2n) is 5.62. The van der Waals surface area contributed by atoms with Gasteiger partial charge >= 0.3 is 0 Å². The topological polar surface area (TPSA) is 45.5 Å². The van der Waals surface area contributed by atoms with Crippen molar-refractivity contribution >= 4 is 21.8 Å². The van der Waals surface area contributed by atoms with E-state index < -0.39 is 0 Å². The van der Waals surface area contributed by atoms with Crippen molar-refractivity contribution in [1.29, 1.82) is 0 Å². The molecular formula is C16H27BrN2O2. The van der Waals surface area contributed by atoms with Crippen LogP contribution in [0.3, 0.4) is 0 Å². The predicted molar refractivity (Wildman–Crippen MR) is 89.6 cm³/mol. The van der Waals surface area contributed by atoms with Crippen LogP contribution in [0.5, 0.6) is 0 Å². The third kappa shape index (κ3) is 5.47. The van der Waals surface area contributed by atoms with Crippen LogP contribution in [0.1, 0.15) is 63.0 Å². The van der Waals surface area contributed by atoms with Crippen LogP contribution in [-0.4, -0.2) is 40.2 Å². The minimum absolute atomic E-state index is 0.0000477. The van der Waals surface area contributed by atoms with Crippen LogP contribution in [0.2, 0.25) is 0 Å². The largest absolute Gasteiger partial charge is 0.395 e. The Kier molecular flexibility index (Phi) is 8.04. The summed E-state index contributed by atoms with van der Waals surface area (Å²) in [6, 6.07) is 2.09. The summed E-state index contributed by atoms with van der Waals surface area (Å²) in [5.74, 6) is -0.0000477. The number of halogens is 1. The number of rotatable bonds is 9. The first kappa shape index (κ1) is 18.2. The highest BCUT2D eigenvalue weighted by Gasteiger charge is 2.20. The molecule has 1 rings (SSSR count). The van der Waals surface area contributed by atoms with Crippen molar-refractivity contribution in [3.63, 3.8) is 0 Å². The van der Waals surface area contributed by atoms with Gasteiger partial charge < -0.3 is 14.6 Å². The van der Waals surface area contributed by atoms with Gasteiger partial charge in [0.15, 0.2) is 0 Å². The second kappa shape index (κ2) is 9.26. The second-order valence-corrected chi connectivity index (χ2v) is 6.54. The van der Waals surface area contributed by atoms with Gasteiger partial charge in [-0.3, -0.25) is 4.79 Å². The molecule has 1 amide bonds. The van der Waals surface area contributed by atoms with Crippen LogP contribution in [0.25, 0.3) is 0 Å². The molecule has 1 N–H and O–H groups in total. The standard InChI is InChI=1S/C16H27BrN2O2/c1-4-5-6-7-8-18(9-10-20)16(21)15-11-14(17)12-19(15)13(2)3/h11-13,20H,4-10H2,1-3H3. The van der Waals surface area contributed by atoms with Gasteiger partial charge in [-0.2, -0.15) is 0 Å². The van der Waals surface area contributed by atoms with E-state index in [0.717, 1.165) is 17.3 Å². The molecule has 0 atom stereocenters. The van der Waals surface area contributed by atoms with E-state index >= 15 is 0 Å². The maximum atomic E-state index is 12.7. The Morgan fingerprint density at radius 3 is 2.62 bits per heavy atom. The molecule has 21 heavy (non-hydrogen) atoms. The minimum atomic E-state index is -0.0000477. The van der Waals surface area contributed by atoms with Gasteiger partial charge in [0.2, 0.25) is 0 Å². The van der Waals surface area contributed by atoms with Gasteiger partial charge in [-0.15, -0.1) is 0 Å². The zero-order valence-electron chi connectivity index (χ0n) is 13.3. The Labute approximate surface area is 136 Å². The zero-order chi connectivity index (χ0) is 15.8. The molecule has 0 aliphatic carbocycles. The number of aliphatic hydroxyl groups excluding tert-OH is 1. The molecule has 0 spiro atoms. The lowest BCUT2D eigenvalue weighted by molar-refractivity contribution is 0.0706. The van der Waals surface area contributed by atoms with Crippen molar-refractivity contribution in [3.05, 3.63) is 22.4 Å². The van der Waals surface area contributed by atoms with E-state index in [1.54, 1.807) is 4.90 Å². The van der Waals surface area contributed by atoms with E-state index in [1.807, 2.05) is 16.8 Å². The van der Waals surface area contributed by atoms with E-state index in [2.05, 4.69) is 36.7 Å². The normalized spacial score (nSPS) is 11.1. The zero-order valence-corrected chi connectivity index (χ0v) is 14.9. The number of aromatic nitrogens is 1. The Morgan fingerprint density at radius 1 is 1.33 bits per heavy atom. The third-order valence-corrected chi connectivity index (χ3v) is 3.96. The first-order valence-electron chi connectivity index (χ1n) is 7.78. The first-order chi connectivity index (χ1) is 10.0. The molecule has 0 saturated carbocycles. The number of carbonyl (C=O) groups excluding carboxylic acids is 1. The lowest BCUT2D eigenvalue weighted by Gasteiger charge is -2.23. The molecule has 5 heteroatoms. The quantitative estimate of drug-likeness (QED) is 0.681. The average Bonchev–Trinajstić information content (AvgIpc) is 2.84. The summed E-state index contributed by atoms with van der Waals surface area (Å²) in [5, 5.41) is 9.21. The first-order valence-corrected chi connectivity index (χ1v) is 8.58. The van der Waals surface area contributed by atoms with Gasteiger partial charge in [0, 0.05) is 29.8 Å². The van der Waals surface area contributed by atoms with Gasteiger partial charge in [0.05, 0.1) is 6.61 Å². The molecule has 0 bridgehead atoms. The van der Waals surface area contributed by atoms with E-state index in [1.165, 1.54) is 12.8 Å². The lowest BCUT2D eigenvalue weighted by atomic mass is 10.2.